The molecule has 134 valence electrons. The summed E-state index contributed by atoms with van der Waals surface area (Å²) in [6, 6.07) is 10.3. The standard InChI is InChI=1S/C18H26N6S/c1-14-22-23-17(24(14)2)13-21-18(20-12-16-9-6-10-25-16)19-11-15-7-4-3-5-8-15/h3-5,7-8,16H,6,9-13H2,1-2H3,(H2,19,20,21). The Hall–Kier alpha value is -2.02. The number of aryl methyl sites for hydroxylation is 1. The van der Waals surface area contributed by atoms with Crippen molar-refractivity contribution in [2.24, 2.45) is 12.0 Å². The molecule has 2 heterocycles. The normalized spacial score (nSPS) is 17.7. The number of benzene rings is 1. The zero-order valence-electron chi connectivity index (χ0n) is 14.9. The van der Waals surface area contributed by atoms with Gasteiger partial charge in [-0.2, -0.15) is 11.8 Å². The van der Waals surface area contributed by atoms with E-state index in [9.17, 15) is 0 Å². The van der Waals surface area contributed by atoms with Gasteiger partial charge in [-0.1, -0.05) is 30.3 Å². The van der Waals surface area contributed by atoms with E-state index in [-0.39, 0.29) is 0 Å². The maximum Gasteiger partial charge on any atom is 0.192 e. The highest BCUT2D eigenvalue weighted by atomic mass is 32.2. The summed E-state index contributed by atoms with van der Waals surface area (Å²) < 4.78 is 1.99. The first-order valence-corrected chi connectivity index (χ1v) is 9.80. The lowest BCUT2D eigenvalue weighted by Crippen LogP contribution is -2.40. The van der Waals surface area contributed by atoms with Crippen LogP contribution < -0.4 is 10.6 Å². The molecule has 2 N–H and O–H groups in total. The number of hydrogen-bond donors (Lipinski definition) is 2. The molecule has 0 spiro atoms. The van der Waals surface area contributed by atoms with E-state index in [0.717, 1.165) is 24.2 Å². The fourth-order valence-corrected chi connectivity index (χ4v) is 3.91. The van der Waals surface area contributed by atoms with Gasteiger partial charge in [0.15, 0.2) is 11.8 Å². The number of thioether (sulfide) groups is 1. The second kappa shape index (κ2) is 8.89. The topological polar surface area (TPSA) is 67.1 Å². The summed E-state index contributed by atoms with van der Waals surface area (Å²) in [7, 11) is 1.98. The maximum absolute atomic E-state index is 4.73. The monoisotopic (exact) mass is 358 g/mol. The van der Waals surface area contributed by atoms with E-state index in [1.54, 1.807) is 0 Å². The van der Waals surface area contributed by atoms with Crippen LogP contribution in [-0.4, -0.2) is 38.3 Å². The Balaban J connectivity index is 1.61. The molecule has 0 radical (unpaired) electrons. The molecular formula is C18H26N6S. The van der Waals surface area contributed by atoms with Crippen LogP contribution in [0.4, 0.5) is 0 Å². The Labute approximate surface area is 153 Å². The molecule has 7 heteroatoms. The average molecular weight is 359 g/mol. The molecule has 1 aliphatic rings. The molecule has 1 fully saturated rings. The minimum atomic E-state index is 0.607. The van der Waals surface area contributed by atoms with E-state index in [4.69, 9.17) is 4.99 Å². The predicted octanol–water partition coefficient (Wildman–Crippen LogP) is 2.25. The van der Waals surface area contributed by atoms with Gasteiger partial charge < -0.3 is 15.2 Å². The first-order valence-electron chi connectivity index (χ1n) is 8.75. The van der Waals surface area contributed by atoms with Crippen LogP contribution in [0.25, 0.3) is 0 Å². The van der Waals surface area contributed by atoms with Crippen molar-refractivity contribution < 1.29 is 0 Å². The Kier molecular flexibility index (Phi) is 6.33. The van der Waals surface area contributed by atoms with Crippen molar-refractivity contribution >= 4 is 17.7 Å². The maximum atomic E-state index is 4.73. The highest BCUT2D eigenvalue weighted by Crippen LogP contribution is 2.25. The summed E-state index contributed by atoms with van der Waals surface area (Å²) >= 11 is 2.05. The quantitative estimate of drug-likeness (QED) is 0.612. The summed E-state index contributed by atoms with van der Waals surface area (Å²) in [6.07, 6.45) is 2.60. The predicted molar refractivity (Wildman–Crippen MR) is 104 cm³/mol. The summed E-state index contributed by atoms with van der Waals surface area (Å²) in [5, 5.41) is 15.9. The van der Waals surface area contributed by atoms with E-state index in [2.05, 4.69) is 33.0 Å². The molecule has 1 saturated heterocycles. The molecule has 6 nitrogen and oxygen atoms in total. The smallest absolute Gasteiger partial charge is 0.192 e. The van der Waals surface area contributed by atoms with E-state index >= 15 is 0 Å². The van der Waals surface area contributed by atoms with Crippen molar-refractivity contribution in [1.82, 2.24) is 25.4 Å². The molecule has 2 aromatic rings. The Morgan fingerprint density at radius 1 is 1.28 bits per heavy atom. The van der Waals surface area contributed by atoms with Crippen LogP contribution in [0.2, 0.25) is 0 Å². The number of nitrogens with one attached hydrogen (secondary N) is 2. The van der Waals surface area contributed by atoms with Crippen LogP contribution in [0.1, 0.15) is 30.1 Å². The van der Waals surface area contributed by atoms with Crippen molar-refractivity contribution in [2.45, 2.75) is 38.1 Å². The van der Waals surface area contributed by atoms with Gasteiger partial charge in [0.2, 0.25) is 0 Å². The van der Waals surface area contributed by atoms with Gasteiger partial charge >= 0.3 is 0 Å². The lowest BCUT2D eigenvalue weighted by Gasteiger charge is -2.15. The van der Waals surface area contributed by atoms with Gasteiger partial charge in [0.05, 0.1) is 13.1 Å². The fourth-order valence-electron chi connectivity index (χ4n) is 2.71. The van der Waals surface area contributed by atoms with Crippen molar-refractivity contribution in [1.29, 1.82) is 0 Å². The first-order chi connectivity index (χ1) is 12.2. The van der Waals surface area contributed by atoms with E-state index in [1.165, 1.54) is 24.2 Å². The molecule has 25 heavy (non-hydrogen) atoms. The highest BCUT2D eigenvalue weighted by molar-refractivity contribution is 8.00. The molecule has 0 amide bonds. The van der Waals surface area contributed by atoms with Crippen molar-refractivity contribution in [2.75, 3.05) is 12.3 Å². The summed E-state index contributed by atoms with van der Waals surface area (Å²) in [4.78, 5) is 4.73. The third kappa shape index (κ3) is 5.22. The van der Waals surface area contributed by atoms with Gasteiger partial charge in [0.1, 0.15) is 5.82 Å². The highest BCUT2D eigenvalue weighted by Gasteiger charge is 2.16. The molecule has 1 unspecified atom stereocenters. The average Bonchev–Trinajstić information content (AvgIpc) is 3.27. The second-order valence-electron chi connectivity index (χ2n) is 6.24. The SMILES string of the molecule is Cc1nnc(CNC(=NCc2ccccc2)NCC2CCCS2)n1C. The van der Waals surface area contributed by atoms with Crippen molar-refractivity contribution in [3.63, 3.8) is 0 Å². The lowest BCUT2D eigenvalue weighted by atomic mass is 10.2. The Morgan fingerprint density at radius 3 is 2.80 bits per heavy atom. The third-order valence-corrected chi connectivity index (χ3v) is 5.78. The molecule has 0 aliphatic carbocycles. The van der Waals surface area contributed by atoms with Crippen molar-refractivity contribution in [3.05, 3.63) is 47.5 Å². The molecule has 0 bridgehead atoms. The summed E-state index contributed by atoms with van der Waals surface area (Å²) in [5.41, 5.74) is 1.20. The van der Waals surface area contributed by atoms with Crippen molar-refractivity contribution in [3.8, 4) is 0 Å². The summed E-state index contributed by atoms with van der Waals surface area (Å²) in [6.45, 7) is 4.17. The minimum absolute atomic E-state index is 0.607. The molecule has 3 rings (SSSR count). The molecule has 1 aromatic carbocycles. The Morgan fingerprint density at radius 2 is 2.12 bits per heavy atom. The molecule has 1 aromatic heterocycles. The summed E-state index contributed by atoms with van der Waals surface area (Å²) in [5.74, 6) is 3.92. The second-order valence-corrected chi connectivity index (χ2v) is 7.65. The van der Waals surface area contributed by atoms with Crippen LogP contribution in [0.5, 0.6) is 0 Å². The van der Waals surface area contributed by atoms with Gasteiger partial charge in [0.25, 0.3) is 0 Å². The van der Waals surface area contributed by atoms with E-state index in [1.807, 2.05) is 48.5 Å². The minimum Gasteiger partial charge on any atom is -0.355 e. The number of guanidine groups is 1. The van der Waals surface area contributed by atoms with Crippen LogP contribution in [-0.2, 0) is 20.1 Å². The van der Waals surface area contributed by atoms with E-state index in [0.29, 0.717) is 18.3 Å². The number of rotatable bonds is 6. The first kappa shape index (κ1) is 17.8. The van der Waals surface area contributed by atoms with Gasteiger partial charge in [-0.3, -0.25) is 0 Å². The lowest BCUT2D eigenvalue weighted by molar-refractivity contribution is 0.696. The van der Waals surface area contributed by atoms with Crippen LogP contribution in [0, 0.1) is 6.92 Å². The largest absolute Gasteiger partial charge is 0.355 e. The zero-order valence-corrected chi connectivity index (χ0v) is 15.7. The van der Waals surface area contributed by atoms with Crippen LogP contribution in [0.3, 0.4) is 0 Å². The van der Waals surface area contributed by atoms with Gasteiger partial charge in [-0.25, -0.2) is 4.99 Å². The van der Waals surface area contributed by atoms with Crippen LogP contribution >= 0.6 is 11.8 Å². The van der Waals surface area contributed by atoms with Gasteiger partial charge in [-0.15, -0.1) is 10.2 Å². The fraction of sp³-hybridized carbons (Fsp3) is 0.500. The molecule has 1 atom stereocenters. The number of aromatic nitrogens is 3. The van der Waals surface area contributed by atoms with Crippen LogP contribution in [0.15, 0.2) is 35.3 Å². The third-order valence-electron chi connectivity index (χ3n) is 4.38. The Bertz CT molecular complexity index is 691. The van der Waals surface area contributed by atoms with Gasteiger partial charge in [-0.05, 0) is 31.1 Å². The van der Waals surface area contributed by atoms with Gasteiger partial charge in [0, 0.05) is 18.8 Å². The molecule has 1 aliphatic heterocycles. The number of nitrogens with zero attached hydrogens (tertiary/aromatic N) is 4. The van der Waals surface area contributed by atoms with E-state index < -0.39 is 0 Å². The molecule has 0 saturated carbocycles. The molecular weight excluding hydrogens is 332 g/mol. The number of hydrogen-bond acceptors (Lipinski definition) is 4. The zero-order chi connectivity index (χ0) is 17.5. The number of aliphatic imine (C=N–C) groups is 1.